The Morgan fingerprint density at radius 2 is 2.13 bits per heavy atom. The van der Waals surface area contributed by atoms with Gasteiger partial charge in [-0.25, -0.2) is 0 Å². The largest absolute Gasteiger partial charge is 0.507 e. The highest BCUT2D eigenvalue weighted by molar-refractivity contribution is 5.60. The number of phenolic OH excluding ortho intramolecular Hbond substituents is 1. The highest BCUT2D eigenvalue weighted by Crippen LogP contribution is 2.40. The summed E-state index contributed by atoms with van der Waals surface area (Å²) in [5.41, 5.74) is 1.70. The number of hydrogen-bond acceptors (Lipinski definition) is 3. The smallest absolute Gasteiger partial charge is 0.189 e. The van der Waals surface area contributed by atoms with Gasteiger partial charge in [-0.3, -0.25) is 0 Å². The first-order valence-corrected chi connectivity index (χ1v) is 5.07. The Morgan fingerprint density at radius 3 is 3.00 bits per heavy atom. The highest BCUT2D eigenvalue weighted by atomic mass is 16.7. The van der Waals surface area contributed by atoms with E-state index in [2.05, 4.69) is 0 Å². The molecule has 1 saturated heterocycles. The van der Waals surface area contributed by atoms with Crippen molar-refractivity contribution >= 4 is 6.08 Å². The Balaban J connectivity index is 2.15. The van der Waals surface area contributed by atoms with Crippen molar-refractivity contribution in [2.24, 2.45) is 0 Å². The monoisotopic (exact) mass is 204 g/mol. The summed E-state index contributed by atoms with van der Waals surface area (Å²) >= 11 is 0. The fourth-order valence-corrected chi connectivity index (χ4v) is 2.07. The Hall–Kier alpha value is -1.32. The number of phenols is 1. The van der Waals surface area contributed by atoms with Gasteiger partial charge in [0.2, 0.25) is 0 Å². The predicted octanol–water partition coefficient (Wildman–Crippen LogP) is 2.22. The van der Waals surface area contributed by atoms with Gasteiger partial charge in [0, 0.05) is 0 Å². The minimum Gasteiger partial charge on any atom is -0.507 e. The van der Waals surface area contributed by atoms with E-state index in [4.69, 9.17) is 9.47 Å². The fraction of sp³-hybridized carbons (Fsp3) is 0.333. The van der Waals surface area contributed by atoms with Gasteiger partial charge in [-0.05, 0) is 18.6 Å². The van der Waals surface area contributed by atoms with Crippen molar-refractivity contribution in [2.45, 2.75) is 25.4 Å². The van der Waals surface area contributed by atoms with E-state index in [0.717, 1.165) is 11.1 Å². The second kappa shape index (κ2) is 3.08. The highest BCUT2D eigenvalue weighted by Gasteiger charge is 2.36. The molecule has 3 rings (SSSR count). The molecule has 0 spiro atoms. The van der Waals surface area contributed by atoms with Gasteiger partial charge in [-0.2, -0.15) is 0 Å². The summed E-state index contributed by atoms with van der Waals surface area (Å²) in [5, 5.41) is 9.79. The van der Waals surface area contributed by atoms with Crippen LogP contribution in [0.5, 0.6) is 5.75 Å². The van der Waals surface area contributed by atoms with E-state index in [1.165, 1.54) is 0 Å². The molecular formula is C12H12O3. The van der Waals surface area contributed by atoms with E-state index in [-0.39, 0.29) is 18.0 Å². The van der Waals surface area contributed by atoms with Gasteiger partial charge in [-0.1, -0.05) is 24.3 Å². The summed E-state index contributed by atoms with van der Waals surface area (Å²) < 4.78 is 11.3. The third kappa shape index (κ3) is 1.28. The van der Waals surface area contributed by atoms with E-state index in [1.54, 1.807) is 6.07 Å². The summed E-state index contributed by atoms with van der Waals surface area (Å²) in [4.78, 5) is 0. The Kier molecular flexibility index (Phi) is 1.84. The van der Waals surface area contributed by atoms with Crippen LogP contribution < -0.4 is 0 Å². The second-order valence-electron chi connectivity index (χ2n) is 3.91. The molecule has 3 atom stereocenters. The first kappa shape index (κ1) is 8.95. The maximum Gasteiger partial charge on any atom is 0.189 e. The number of aromatic hydroxyl groups is 1. The van der Waals surface area contributed by atoms with Crippen molar-refractivity contribution in [3.8, 4) is 5.75 Å². The zero-order valence-corrected chi connectivity index (χ0v) is 8.38. The molecule has 15 heavy (non-hydrogen) atoms. The molecule has 1 N–H and O–H groups in total. The van der Waals surface area contributed by atoms with Crippen molar-refractivity contribution in [1.82, 2.24) is 0 Å². The topological polar surface area (TPSA) is 38.7 Å². The lowest BCUT2D eigenvalue weighted by molar-refractivity contribution is -0.0634. The molecule has 0 aliphatic carbocycles. The summed E-state index contributed by atoms with van der Waals surface area (Å²) in [7, 11) is 0. The van der Waals surface area contributed by atoms with Gasteiger partial charge < -0.3 is 14.6 Å². The molecule has 2 aliphatic rings. The standard InChI is InChI=1S/C12H12O3/c1-7-10-6-5-8-3-2-4-9(13)11(8)12(14-7)15-10/h2-7,10,12-13H,1H3/t7-,10+,12-/m1/s1. The molecule has 1 aromatic rings. The lowest BCUT2D eigenvalue weighted by Crippen LogP contribution is -2.15. The molecule has 0 unspecified atom stereocenters. The van der Waals surface area contributed by atoms with Gasteiger partial charge in [0.05, 0.1) is 11.7 Å². The van der Waals surface area contributed by atoms with Crippen LogP contribution >= 0.6 is 0 Å². The molecule has 3 nitrogen and oxygen atoms in total. The summed E-state index contributed by atoms with van der Waals surface area (Å²) in [5.74, 6) is 0.233. The number of benzene rings is 1. The lowest BCUT2D eigenvalue weighted by atomic mass is 10.0. The van der Waals surface area contributed by atoms with Crippen LogP contribution in [-0.2, 0) is 9.47 Å². The molecule has 1 fully saturated rings. The first-order chi connectivity index (χ1) is 7.25. The Morgan fingerprint density at radius 1 is 1.27 bits per heavy atom. The van der Waals surface area contributed by atoms with Crippen molar-refractivity contribution in [1.29, 1.82) is 0 Å². The van der Waals surface area contributed by atoms with Crippen molar-refractivity contribution in [3.05, 3.63) is 35.4 Å². The molecule has 1 aromatic carbocycles. The van der Waals surface area contributed by atoms with Crippen molar-refractivity contribution < 1.29 is 14.6 Å². The second-order valence-corrected chi connectivity index (χ2v) is 3.91. The first-order valence-electron chi connectivity index (χ1n) is 5.07. The molecule has 2 bridgehead atoms. The van der Waals surface area contributed by atoms with Crippen LogP contribution in [0.2, 0.25) is 0 Å². The molecular weight excluding hydrogens is 192 g/mol. The van der Waals surface area contributed by atoms with Gasteiger partial charge in [0.25, 0.3) is 0 Å². The Labute approximate surface area is 87.9 Å². The molecule has 78 valence electrons. The summed E-state index contributed by atoms with van der Waals surface area (Å²) in [6.45, 7) is 1.97. The SMILES string of the molecule is C[C@H]1O[C@@H]2O[C@H]1C=Cc1cccc(O)c12. The fourth-order valence-electron chi connectivity index (χ4n) is 2.07. The van der Waals surface area contributed by atoms with Crippen LogP contribution in [0.15, 0.2) is 24.3 Å². The van der Waals surface area contributed by atoms with Crippen LogP contribution in [0.1, 0.15) is 24.3 Å². The van der Waals surface area contributed by atoms with Crippen molar-refractivity contribution in [3.63, 3.8) is 0 Å². The number of rotatable bonds is 0. The van der Waals surface area contributed by atoms with Gasteiger partial charge in [0.1, 0.15) is 11.9 Å². The van der Waals surface area contributed by atoms with E-state index >= 15 is 0 Å². The van der Waals surface area contributed by atoms with Crippen LogP contribution in [0.4, 0.5) is 0 Å². The zero-order valence-electron chi connectivity index (χ0n) is 8.38. The lowest BCUT2D eigenvalue weighted by Gasteiger charge is -2.14. The van der Waals surface area contributed by atoms with Gasteiger partial charge in [-0.15, -0.1) is 0 Å². The minimum absolute atomic E-state index is 0.0122. The van der Waals surface area contributed by atoms with E-state index in [0.29, 0.717) is 0 Å². The summed E-state index contributed by atoms with van der Waals surface area (Å²) in [6, 6.07) is 5.42. The maximum atomic E-state index is 9.79. The number of fused-ring (bicyclic) bond motifs is 4. The van der Waals surface area contributed by atoms with Crippen LogP contribution in [-0.4, -0.2) is 17.3 Å². The molecule has 2 heterocycles. The zero-order chi connectivity index (χ0) is 10.4. The average Bonchev–Trinajstić information content (AvgIpc) is 2.45. The van der Waals surface area contributed by atoms with Crippen LogP contribution in [0, 0.1) is 0 Å². The molecule has 2 aliphatic heterocycles. The molecule has 0 radical (unpaired) electrons. The van der Waals surface area contributed by atoms with Crippen LogP contribution in [0.25, 0.3) is 6.08 Å². The minimum atomic E-state index is -0.434. The molecule has 0 amide bonds. The molecule has 0 saturated carbocycles. The van der Waals surface area contributed by atoms with E-state index in [9.17, 15) is 5.11 Å². The molecule has 3 heteroatoms. The predicted molar refractivity (Wildman–Crippen MR) is 55.3 cm³/mol. The Bertz CT molecular complexity index is 425. The molecule has 0 aromatic heterocycles. The number of hydrogen-bond donors (Lipinski definition) is 1. The average molecular weight is 204 g/mol. The third-order valence-electron chi connectivity index (χ3n) is 2.90. The van der Waals surface area contributed by atoms with Crippen molar-refractivity contribution in [2.75, 3.05) is 0 Å². The van der Waals surface area contributed by atoms with E-state index < -0.39 is 6.29 Å². The van der Waals surface area contributed by atoms with E-state index in [1.807, 2.05) is 31.2 Å². The van der Waals surface area contributed by atoms with Crippen LogP contribution in [0.3, 0.4) is 0 Å². The van der Waals surface area contributed by atoms with Gasteiger partial charge in [0.15, 0.2) is 6.29 Å². The normalized spacial score (nSPS) is 32.5. The van der Waals surface area contributed by atoms with Gasteiger partial charge >= 0.3 is 0 Å². The number of ether oxygens (including phenoxy) is 2. The summed E-state index contributed by atoms with van der Waals surface area (Å²) in [6.07, 6.45) is 3.56. The maximum absolute atomic E-state index is 9.79. The third-order valence-corrected chi connectivity index (χ3v) is 2.90. The quantitative estimate of drug-likeness (QED) is 0.704.